The van der Waals surface area contributed by atoms with Crippen LogP contribution in [-0.2, 0) is 0 Å². The van der Waals surface area contributed by atoms with Crippen molar-refractivity contribution in [3.8, 4) is 0 Å². The maximum Gasteiger partial charge on any atom is 0.255 e. The van der Waals surface area contributed by atoms with Gasteiger partial charge in [0.2, 0.25) is 0 Å². The number of hydrogen-bond acceptors (Lipinski definition) is 2. The maximum atomic E-state index is 13.6. The Labute approximate surface area is 123 Å². The van der Waals surface area contributed by atoms with Crippen molar-refractivity contribution in [1.82, 2.24) is 0 Å². The van der Waals surface area contributed by atoms with Gasteiger partial charge in [-0.25, -0.2) is 4.39 Å². The van der Waals surface area contributed by atoms with Gasteiger partial charge in [-0.1, -0.05) is 15.9 Å². The number of nitrogens with one attached hydrogen (secondary N) is 1. The molecule has 2 rings (SSSR count). The Balaban J connectivity index is 2.15. The average Bonchev–Trinajstić information content (AvgIpc) is 2.42. The van der Waals surface area contributed by atoms with E-state index >= 15 is 0 Å². The molecule has 0 atom stereocenters. The lowest BCUT2D eigenvalue weighted by Gasteiger charge is -2.07. The third-order valence-corrected chi connectivity index (χ3v) is 3.77. The molecule has 0 saturated heterocycles. The van der Waals surface area contributed by atoms with E-state index in [2.05, 4.69) is 21.2 Å². The van der Waals surface area contributed by atoms with E-state index in [0.29, 0.717) is 10.0 Å². The predicted molar refractivity (Wildman–Crippen MR) is 80.3 cm³/mol. The first-order valence-corrected chi connectivity index (χ1v) is 7.52. The zero-order chi connectivity index (χ0) is 13.8. The minimum Gasteiger partial charge on any atom is -0.319 e. The van der Waals surface area contributed by atoms with Gasteiger partial charge in [-0.15, -0.1) is 11.8 Å². The van der Waals surface area contributed by atoms with Crippen LogP contribution in [0.25, 0.3) is 0 Å². The second kappa shape index (κ2) is 6.21. The number of carbonyl (C=O) groups is 1. The highest BCUT2D eigenvalue weighted by Gasteiger charge is 2.09. The van der Waals surface area contributed by atoms with Gasteiger partial charge in [0, 0.05) is 14.9 Å². The molecule has 5 heteroatoms. The monoisotopic (exact) mass is 339 g/mol. The summed E-state index contributed by atoms with van der Waals surface area (Å²) < 4.78 is 14.2. The SMILES string of the molecule is CSc1ccc(C(=O)Nc2ccc(Br)cc2F)cc1. The fourth-order valence-corrected chi connectivity index (χ4v) is 2.27. The van der Waals surface area contributed by atoms with Crippen LogP contribution in [0, 0.1) is 5.82 Å². The summed E-state index contributed by atoms with van der Waals surface area (Å²) in [4.78, 5) is 13.0. The summed E-state index contributed by atoms with van der Waals surface area (Å²) in [6.07, 6.45) is 1.96. The molecule has 0 unspecified atom stereocenters. The van der Waals surface area contributed by atoms with Gasteiger partial charge in [-0.3, -0.25) is 4.79 Å². The van der Waals surface area contributed by atoms with Crippen LogP contribution >= 0.6 is 27.7 Å². The van der Waals surface area contributed by atoms with Gasteiger partial charge >= 0.3 is 0 Å². The van der Waals surface area contributed by atoms with Crippen LogP contribution in [0.1, 0.15) is 10.4 Å². The molecule has 0 heterocycles. The van der Waals surface area contributed by atoms with Gasteiger partial charge in [-0.2, -0.15) is 0 Å². The second-order valence-electron chi connectivity index (χ2n) is 3.81. The van der Waals surface area contributed by atoms with E-state index in [4.69, 9.17) is 0 Å². The van der Waals surface area contributed by atoms with Crippen molar-refractivity contribution in [3.63, 3.8) is 0 Å². The normalized spacial score (nSPS) is 10.3. The molecule has 0 aliphatic heterocycles. The van der Waals surface area contributed by atoms with E-state index in [1.54, 1.807) is 30.0 Å². The summed E-state index contributed by atoms with van der Waals surface area (Å²) in [6, 6.07) is 11.7. The first-order valence-electron chi connectivity index (χ1n) is 5.50. The molecule has 98 valence electrons. The number of anilines is 1. The first-order chi connectivity index (χ1) is 9.10. The third-order valence-electron chi connectivity index (χ3n) is 2.53. The smallest absolute Gasteiger partial charge is 0.255 e. The summed E-state index contributed by atoms with van der Waals surface area (Å²) in [5, 5.41) is 2.55. The Morgan fingerprint density at radius 2 is 1.89 bits per heavy atom. The van der Waals surface area contributed by atoms with Crippen molar-refractivity contribution >= 4 is 39.3 Å². The molecule has 0 aromatic heterocycles. The molecule has 0 fully saturated rings. The van der Waals surface area contributed by atoms with Gasteiger partial charge in [0.25, 0.3) is 5.91 Å². The fourth-order valence-electron chi connectivity index (χ4n) is 1.53. The highest BCUT2D eigenvalue weighted by molar-refractivity contribution is 9.10. The van der Waals surface area contributed by atoms with Crippen molar-refractivity contribution in [1.29, 1.82) is 0 Å². The molecule has 19 heavy (non-hydrogen) atoms. The second-order valence-corrected chi connectivity index (χ2v) is 5.60. The molecule has 0 radical (unpaired) electrons. The van der Waals surface area contributed by atoms with E-state index in [0.717, 1.165) is 4.90 Å². The van der Waals surface area contributed by atoms with Gasteiger partial charge in [0.1, 0.15) is 5.82 Å². The highest BCUT2D eigenvalue weighted by atomic mass is 79.9. The fraction of sp³-hybridized carbons (Fsp3) is 0.0714. The van der Waals surface area contributed by atoms with E-state index in [9.17, 15) is 9.18 Å². The molecule has 0 spiro atoms. The Morgan fingerprint density at radius 1 is 1.21 bits per heavy atom. The van der Waals surface area contributed by atoms with E-state index < -0.39 is 5.82 Å². The molecule has 2 aromatic rings. The molecule has 1 amide bonds. The molecule has 1 N–H and O–H groups in total. The lowest BCUT2D eigenvalue weighted by molar-refractivity contribution is 0.102. The number of thioether (sulfide) groups is 1. The number of hydrogen-bond donors (Lipinski definition) is 1. The first kappa shape index (κ1) is 14.1. The molecule has 0 bridgehead atoms. The quantitative estimate of drug-likeness (QED) is 0.830. The van der Waals surface area contributed by atoms with Gasteiger partial charge in [0.05, 0.1) is 5.69 Å². The molecular weight excluding hydrogens is 329 g/mol. The van der Waals surface area contributed by atoms with Crippen LogP contribution in [0.2, 0.25) is 0 Å². The Morgan fingerprint density at radius 3 is 2.47 bits per heavy atom. The summed E-state index contributed by atoms with van der Waals surface area (Å²) in [6.45, 7) is 0. The standard InChI is InChI=1S/C14H11BrFNOS/c1-19-11-5-2-9(3-6-11)14(18)17-13-7-4-10(15)8-12(13)16/h2-8H,1H3,(H,17,18). The minimum atomic E-state index is -0.469. The molecule has 2 aromatic carbocycles. The van der Waals surface area contributed by atoms with Gasteiger partial charge < -0.3 is 5.32 Å². The van der Waals surface area contributed by atoms with Gasteiger partial charge in [-0.05, 0) is 48.7 Å². The summed E-state index contributed by atoms with van der Waals surface area (Å²) in [5.74, 6) is -0.794. The topological polar surface area (TPSA) is 29.1 Å². The Bertz CT molecular complexity index is 601. The number of benzene rings is 2. The Hall–Kier alpha value is -1.33. The largest absolute Gasteiger partial charge is 0.319 e. The van der Waals surface area contributed by atoms with Crippen LogP contribution in [-0.4, -0.2) is 12.2 Å². The zero-order valence-electron chi connectivity index (χ0n) is 10.1. The molecule has 0 saturated carbocycles. The van der Waals surface area contributed by atoms with Crippen LogP contribution in [0.3, 0.4) is 0 Å². The highest BCUT2D eigenvalue weighted by Crippen LogP contribution is 2.20. The van der Waals surface area contributed by atoms with E-state index in [1.165, 1.54) is 12.1 Å². The van der Waals surface area contributed by atoms with Crippen molar-refractivity contribution in [3.05, 3.63) is 58.3 Å². The van der Waals surface area contributed by atoms with Crippen molar-refractivity contribution in [2.45, 2.75) is 4.90 Å². The lowest BCUT2D eigenvalue weighted by atomic mass is 10.2. The van der Waals surface area contributed by atoms with Crippen LogP contribution < -0.4 is 5.32 Å². The Kier molecular flexibility index (Phi) is 4.61. The average molecular weight is 340 g/mol. The molecule has 0 aliphatic rings. The van der Waals surface area contributed by atoms with E-state index in [1.807, 2.05) is 18.4 Å². The number of halogens is 2. The summed E-state index contributed by atoms with van der Waals surface area (Å²) in [5.41, 5.74) is 0.669. The van der Waals surface area contributed by atoms with Crippen molar-refractivity contribution in [2.24, 2.45) is 0 Å². The number of amides is 1. The van der Waals surface area contributed by atoms with Crippen molar-refractivity contribution < 1.29 is 9.18 Å². The molecular formula is C14H11BrFNOS. The van der Waals surface area contributed by atoms with Gasteiger partial charge in [0.15, 0.2) is 0 Å². The minimum absolute atomic E-state index is 0.169. The number of rotatable bonds is 3. The summed E-state index contributed by atoms with van der Waals surface area (Å²) >= 11 is 4.77. The van der Waals surface area contributed by atoms with Crippen LogP contribution in [0.4, 0.5) is 10.1 Å². The lowest BCUT2D eigenvalue weighted by Crippen LogP contribution is -2.12. The predicted octanol–water partition coefficient (Wildman–Crippen LogP) is 4.56. The van der Waals surface area contributed by atoms with Crippen molar-refractivity contribution in [2.75, 3.05) is 11.6 Å². The van der Waals surface area contributed by atoms with E-state index in [-0.39, 0.29) is 11.6 Å². The summed E-state index contributed by atoms with van der Waals surface area (Å²) in [7, 11) is 0. The molecule has 2 nitrogen and oxygen atoms in total. The number of carbonyl (C=O) groups excluding carboxylic acids is 1. The van der Waals surface area contributed by atoms with Crippen LogP contribution in [0.15, 0.2) is 51.8 Å². The molecule has 0 aliphatic carbocycles. The third kappa shape index (κ3) is 3.58. The van der Waals surface area contributed by atoms with Crippen LogP contribution in [0.5, 0.6) is 0 Å². The maximum absolute atomic E-state index is 13.6. The zero-order valence-corrected chi connectivity index (χ0v) is 12.5.